The molecule has 33 heavy (non-hydrogen) atoms. The smallest absolute Gasteiger partial charge is 0.317 e. The minimum atomic E-state index is -0.845. The van der Waals surface area contributed by atoms with Crippen molar-refractivity contribution in [2.45, 2.75) is 97.8 Å². The first-order valence-electron chi connectivity index (χ1n) is 13.1. The Kier molecular flexibility index (Phi) is 8.63. The standard InChI is InChI=1S/C27H44N2O4/c1-5-6-7-8-9-10-17-29-22-13-14-26(2,3)20-27(22,25(32)33-4)19-21(24(29)31)18-23(30)28-15-11-12-16-28/h13,21H,5-12,14-20H2,1-4H3/t21-,27-/m1/s1. The Morgan fingerprint density at radius 1 is 1.09 bits per heavy atom. The van der Waals surface area contributed by atoms with Crippen LogP contribution in [0.2, 0.25) is 0 Å². The zero-order valence-corrected chi connectivity index (χ0v) is 21.3. The van der Waals surface area contributed by atoms with Gasteiger partial charge in [-0.25, -0.2) is 0 Å². The number of hydrogen-bond acceptors (Lipinski definition) is 4. The molecule has 0 unspecified atom stereocenters. The maximum absolute atomic E-state index is 13.7. The Balaban J connectivity index is 1.84. The Hall–Kier alpha value is -1.85. The number of allylic oxidation sites excluding steroid dienone is 1. The van der Waals surface area contributed by atoms with Crippen molar-refractivity contribution in [2.24, 2.45) is 16.7 Å². The third-order valence-corrected chi connectivity index (χ3v) is 7.81. The lowest BCUT2D eigenvalue weighted by atomic mass is 9.59. The van der Waals surface area contributed by atoms with Crippen molar-refractivity contribution in [1.29, 1.82) is 0 Å². The largest absolute Gasteiger partial charge is 0.468 e. The summed E-state index contributed by atoms with van der Waals surface area (Å²) in [5.74, 6) is -0.668. The van der Waals surface area contributed by atoms with Gasteiger partial charge in [-0.2, -0.15) is 0 Å². The zero-order chi connectivity index (χ0) is 24.1. The fourth-order valence-electron chi connectivity index (χ4n) is 6.14. The number of carbonyl (C=O) groups excluding carboxylic acids is 3. The molecule has 6 nitrogen and oxygen atoms in total. The zero-order valence-electron chi connectivity index (χ0n) is 21.3. The summed E-state index contributed by atoms with van der Waals surface area (Å²) in [5, 5.41) is 0. The van der Waals surface area contributed by atoms with Crippen LogP contribution in [0.5, 0.6) is 0 Å². The van der Waals surface area contributed by atoms with Crippen LogP contribution in [0.15, 0.2) is 11.8 Å². The molecular formula is C27H44N2O4. The summed E-state index contributed by atoms with van der Waals surface area (Å²) in [6, 6.07) is 0. The van der Waals surface area contributed by atoms with Crippen LogP contribution >= 0.6 is 0 Å². The minimum Gasteiger partial charge on any atom is -0.468 e. The van der Waals surface area contributed by atoms with E-state index in [0.29, 0.717) is 19.4 Å². The van der Waals surface area contributed by atoms with E-state index in [4.69, 9.17) is 4.74 Å². The van der Waals surface area contributed by atoms with E-state index in [-0.39, 0.29) is 29.6 Å². The van der Waals surface area contributed by atoms with E-state index in [1.165, 1.54) is 32.8 Å². The Morgan fingerprint density at radius 2 is 1.76 bits per heavy atom. The Morgan fingerprint density at radius 3 is 2.42 bits per heavy atom. The molecule has 2 fully saturated rings. The van der Waals surface area contributed by atoms with Gasteiger partial charge in [-0.05, 0) is 43.9 Å². The van der Waals surface area contributed by atoms with Crippen LogP contribution < -0.4 is 0 Å². The number of amides is 2. The van der Waals surface area contributed by atoms with Crippen LogP contribution in [0.1, 0.15) is 97.8 Å². The summed E-state index contributed by atoms with van der Waals surface area (Å²) in [6.45, 7) is 8.72. The van der Waals surface area contributed by atoms with Crippen molar-refractivity contribution < 1.29 is 19.1 Å². The normalized spacial score (nSPS) is 26.7. The third kappa shape index (κ3) is 5.81. The van der Waals surface area contributed by atoms with E-state index in [1.54, 1.807) is 0 Å². The van der Waals surface area contributed by atoms with Crippen molar-refractivity contribution in [3.8, 4) is 0 Å². The summed E-state index contributed by atoms with van der Waals surface area (Å²) in [4.78, 5) is 43.7. The van der Waals surface area contributed by atoms with E-state index >= 15 is 0 Å². The van der Waals surface area contributed by atoms with Gasteiger partial charge in [0.25, 0.3) is 0 Å². The van der Waals surface area contributed by atoms with Gasteiger partial charge in [-0.15, -0.1) is 0 Å². The summed E-state index contributed by atoms with van der Waals surface area (Å²) in [5.41, 5.74) is -0.0761. The fraction of sp³-hybridized carbons (Fsp3) is 0.815. The first-order chi connectivity index (χ1) is 15.7. The van der Waals surface area contributed by atoms with Crippen molar-refractivity contribution in [2.75, 3.05) is 26.7 Å². The van der Waals surface area contributed by atoms with E-state index in [9.17, 15) is 14.4 Å². The topological polar surface area (TPSA) is 66.9 Å². The summed E-state index contributed by atoms with van der Waals surface area (Å²) in [7, 11) is 1.44. The van der Waals surface area contributed by atoms with Gasteiger partial charge >= 0.3 is 5.97 Å². The molecule has 3 rings (SSSR count). The van der Waals surface area contributed by atoms with Gasteiger partial charge in [-0.3, -0.25) is 14.4 Å². The van der Waals surface area contributed by atoms with Gasteiger partial charge in [-0.1, -0.05) is 59.0 Å². The predicted octanol–water partition coefficient (Wildman–Crippen LogP) is 5.07. The molecular weight excluding hydrogens is 416 g/mol. The molecule has 0 aromatic rings. The molecule has 0 N–H and O–H groups in total. The summed E-state index contributed by atoms with van der Waals surface area (Å²) >= 11 is 0. The van der Waals surface area contributed by atoms with Gasteiger partial charge < -0.3 is 14.5 Å². The van der Waals surface area contributed by atoms with Crippen molar-refractivity contribution in [3.63, 3.8) is 0 Å². The molecule has 3 aliphatic rings. The number of carbonyl (C=O) groups is 3. The molecule has 6 heteroatoms. The molecule has 1 aliphatic carbocycles. The molecule has 0 saturated carbocycles. The highest BCUT2D eigenvalue weighted by Gasteiger charge is 2.57. The molecule has 2 aliphatic heterocycles. The number of rotatable bonds is 10. The third-order valence-electron chi connectivity index (χ3n) is 7.81. The molecule has 0 aromatic carbocycles. The monoisotopic (exact) mass is 460 g/mol. The van der Waals surface area contributed by atoms with Crippen LogP contribution in [-0.4, -0.2) is 54.3 Å². The number of esters is 1. The number of hydrogen-bond donors (Lipinski definition) is 0. The van der Waals surface area contributed by atoms with Crippen molar-refractivity contribution in [1.82, 2.24) is 9.80 Å². The van der Waals surface area contributed by atoms with E-state index in [1.807, 2.05) is 9.80 Å². The molecule has 2 amide bonds. The van der Waals surface area contributed by atoms with Gasteiger partial charge in [0.1, 0.15) is 5.41 Å². The van der Waals surface area contributed by atoms with Crippen molar-refractivity contribution >= 4 is 17.8 Å². The van der Waals surface area contributed by atoms with Gasteiger partial charge in [0.15, 0.2) is 0 Å². The van der Waals surface area contributed by atoms with Crippen LogP contribution in [-0.2, 0) is 19.1 Å². The molecule has 2 saturated heterocycles. The number of nitrogens with zero attached hydrogens (tertiary/aromatic N) is 2. The van der Waals surface area contributed by atoms with E-state index < -0.39 is 11.3 Å². The maximum Gasteiger partial charge on any atom is 0.317 e. The Labute approximate surface area is 200 Å². The second kappa shape index (κ2) is 11.1. The number of fused-ring (bicyclic) bond motifs is 1. The highest BCUT2D eigenvalue weighted by atomic mass is 16.5. The van der Waals surface area contributed by atoms with Crippen LogP contribution in [0.4, 0.5) is 0 Å². The second-order valence-electron chi connectivity index (χ2n) is 11.2. The average Bonchev–Trinajstić information content (AvgIpc) is 3.32. The lowest BCUT2D eigenvalue weighted by Gasteiger charge is -2.51. The van der Waals surface area contributed by atoms with Crippen LogP contribution in [0.3, 0.4) is 0 Å². The molecule has 186 valence electrons. The molecule has 0 bridgehead atoms. The van der Waals surface area contributed by atoms with Gasteiger partial charge in [0.05, 0.1) is 7.11 Å². The number of ether oxygens (including phenoxy) is 1. The van der Waals surface area contributed by atoms with Crippen LogP contribution in [0.25, 0.3) is 0 Å². The Bertz CT molecular complexity index is 753. The van der Waals surface area contributed by atoms with E-state index in [0.717, 1.165) is 50.9 Å². The van der Waals surface area contributed by atoms with Crippen LogP contribution in [0, 0.1) is 16.7 Å². The summed E-state index contributed by atoms with van der Waals surface area (Å²) in [6.07, 6.45) is 13.0. The number of unbranched alkanes of at least 4 members (excludes halogenated alkanes) is 5. The predicted molar refractivity (Wildman–Crippen MR) is 129 cm³/mol. The molecule has 0 spiro atoms. The highest BCUT2D eigenvalue weighted by molar-refractivity contribution is 5.92. The summed E-state index contributed by atoms with van der Waals surface area (Å²) < 4.78 is 5.34. The quantitative estimate of drug-likeness (QED) is 0.337. The fourth-order valence-corrected chi connectivity index (χ4v) is 6.14. The lowest BCUT2D eigenvalue weighted by molar-refractivity contribution is -0.162. The van der Waals surface area contributed by atoms with E-state index in [2.05, 4.69) is 26.8 Å². The lowest BCUT2D eigenvalue weighted by Crippen LogP contribution is -2.56. The number of piperidine rings is 1. The first-order valence-corrected chi connectivity index (χ1v) is 13.1. The highest BCUT2D eigenvalue weighted by Crippen LogP contribution is 2.54. The first kappa shape index (κ1) is 25.8. The van der Waals surface area contributed by atoms with Gasteiger partial charge in [0.2, 0.25) is 11.8 Å². The SMILES string of the molecule is CCCCCCCCN1C(=O)[C@H](CC(=O)N2CCCC2)C[C@@]2(C(=O)OC)CC(C)(C)CC=C12. The second-order valence-corrected chi connectivity index (χ2v) is 11.2. The van der Waals surface area contributed by atoms with Gasteiger partial charge in [0, 0.05) is 37.7 Å². The molecule has 0 aromatic heterocycles. The molecule has 0 radical (unpaired) electrons. The van der Waals surface area contributed by atoms with Crippen molar-refractivity contribution in [3.05, 3.63) is 11.8 Å². The number of methoxy groups -OCH3 is 1. The average molecular weight is 461 g/mol. The minimum absolute atomic E-state index is 0.0154. The maximum atomic E-state index is 13.7. The number of likely N-dealkylation sites (tertiary alicyclic amines) is 2. The molecule has 2 atom stereocenters. The molecule has 2 heterocycles.